The van der Waals surface area contributed by atoms with E-state index in [1.54, 1.807) is 0 Å². The summed E-state index contributed by atoms with van der Waals surface area (Å²) in [5.74, 6) is 0.237. The van der Waals surface area contributed by atoms with Crippen molar-refractivity contribution in [3.05, 3.63) is 82.6 Å². The number of aliphatic hydroxyl groups excluding tert-OH is 5. The number of carbonyl (C=O) groups is 1. The van der Waals surface area contributed by atoms with Crippen LogP contribution in [0, 0.1) is 0 Å². The van der Waals surface area contributed by atoms with Crippen LogP contribution in [-0.2, 0) is 21.6 Å². The van der Waals surface area contributed by atoms with Crippen molar-refractivity contribution >= 4 is 17.5 Å². The number of methoxy groups -OCH3 is 1. The summed E-state index contributed by atoms with van der Waals surface area (Å²) in [6.45, 7) is 2.51. The third-order valence-electron chi connectivity index (χ3n) is 9.79. The van der Waals surface area contributed by atoms with Crippen LogP contribution < -0.4 is 10.1 Å². The third-order valence-corrected chi connectivity index (χ3v) is 10.2. The highest BCUT2D eigenvalue weighted by Crippen LogP contribution is 2.50. The van der Waals surface area contributed by atoms with Gasteiger partial charge in [-0.3, -0.25) is 9.78 Å². The van der Waals surface area contributed by atoms with E-state index in [9.17, 15) is 25.2 Å². The van der Waals surface area contributed by atoms with E-state index in [-0.39, 0.29) is 31.2 Å². The molecule has 2 aromatic carbocycles. The number of hydrogen-bond acceptors (Lipinski definition) is 10. The first-order valence-corrected chi connectivity index (χ1v) is 17.8. The van der Waals surface area contributed by atoms with Crippen molar-refractivity contribution in [2.75, 3.05) is 33.4 Å². The maximum absolute atomic E-state index is 13.0. The second-order valence-electron chi connectivity index (χ2n) is 13.6. The lowest BCUT2D eigenvalue weighted by molar-refractivity contribution is -0.159. The van der Waals surface area contributed by atoms with Gasteiger partial charge in [0.2, 0.25) is 0 Å². The van der Waals surface area contributed by atoms with Gasteiger partial charge in [0.05, 0.1) is 19.3 Å². The molecule has 5 rings (SSSR count). The monoisotopic (exact) mass is 711 g/mol. The van der Waals surface area contributed by atoms with Gasteiger partial charge in [0.25, 0.3) is 5.91 Å². The molecule has 0 aliphatic heterocycles. The summed E-state index contributed by atoms with van der Waals surface area (Å²) in [5, 5.41) is 53.9. The van der Waals surface area contributed by atoms with Crippen LogP contribution in [0.4, 0.5) is 0 Å². The molecule has 0 bridgehead atoms. The van der Waals surface area contributed by atoms with Gasteiger partial charge in [-0.2, -0.15) is 0 Å². The summed E-state index contributed by atoms with van der Waals surface area (Å²) < 4.78 is 11.4. The van der Waals surface area contributed by atoms with Crippen molar-refractivity contribution < 1.29 is 39.8 Å². The van der Waals surface area contributed by atoms with Crippen molar-refractivity contribution in [1.82, 2.24) is 15.2 Å². The number of aliphatic hydroxyl groups is 5. The maximum atomic E-state index is 13.0. The molecule has 272 valence electrons. The van der Waals surface area contributed by atoms with Gasteiger partial charge in [-0.05, 0) is 84.9 Å². The Morgan fingerprint density at radius 2 is 1.82 bits per heavy atom. The molecule has 0 saturated heterocycles. The number of halogens is 1. The fourth-order valence-electron chi connectivity index (χ4n) is 6.28. The molecule has 5 atom stereocenters. The van der Waals surface area contributed by atoms with Crippen molar-refractivity contribution in [3.63, 3.8) is 0 Å². The zero-order valence-corrected chi connectivity index (χ0v) is 29.5. The van der Waals surface area contributed by atoms with Gasteiger partial charge in [-0.25, -0.2) is 0 Å². The standard InChI is InChI=1S/C38H50ClN3O8/c1-24(6-5-17-42(18-19-49-2)37(48)36(47)35(46)34(45)32(44)23-43)25-9-12-31(39)26(20-25)21-41-38(14-15-38)30-22-40-16-13-28(30)29-7-3-4-8-33(29)50-27-10-11-27/h3-4,7-9,12-13,16,20,22,24,27,32,34-36,41,43-47H,5-6,10-11,14-15,17-19,21,23H2,1-2H3. The van der Waals surface area contributed by atoms with Crippen LogP contribution >= 0.6 is 11.6 Å². The number of benzene rings is 2. The van der Waals surface area contributed by atoms with Crippen LogP contribution in [0.25, 0.3) is 11.1 Å². The highest BCUT2D eigenvalue weighted by Gasteiger charge is 2.46. The van der Waals surface area contributed by atoms with Gasteiger partial charge in [-0.15, -0.1) is 0 Å². The summed E-state index contributed by atoms with van der Waals surface area (Å²) in [6, 6.07) is 16.3. The second kappa shape index (κ2) is 17.4. The average Bonchev–Trinajstić information content (AvgIpc) is 4.09. The quantitative estimate of drug-likeness (QED) is 0.102. The Kier molecular flexibility index (Phi) is 13.3. The fourth-order valence-corrected chi connectivity index (χ4v) is 6.46. The average molecular weight is 712 g/mol. The summed E-state index contributed by atoms with van der Waals surface area (Å²) in [6.07, 6.45) is 2.02. The Morgan fingerprint density at radius 1 is 1.06 bits per heavy atom. The number of aromatic nitrogens is 1. The fraction of sp³-hybridized carbons (Fsp3) is 0.526. The first-order valence-electron chi connectivity index (χ1n) is 17.4. The normalized spacial score (nSPS) is 18.2. The van der Waals surface area contributed by atoms with E-state index in [1.807, 2.05) is 42.7 Å². The smallest absolute Gasteiger partial charge is 0.254 e. The van der Waals surface area contributed by atoms with Gasteiger partial charge in [-0.1, -0.05) is 48.9 Å². The Hall–Kier alpha value is -3.13. The highest BCUT2D eigenvalue weighted by atomic mass is 35.5. The van der Waals surface area contributed by atoms with E-state index in [4.69, 9.17) is 26.2 Å². The molecule has 5 unspecified atom stereocenters. The molecule has 11 nitrogen and oxygen atoms in total. The van der Waals surface area contributed by atoms with E-state index in [0.717, 1.165) is 65.7 Å². The molecular formula is C38H50ClN3O8. The van der Waals surface area contributed by atoms with Crippen molar-refractivity contribution in [1.29, 1.82) is 0 Å². The number of pyridine rings is 1. The molecule has 0 radical (unpaired) electrons. The molecule has 1 aromatic heterocycles. The lowest BCUT2D eigenvalue weighted by Gasteiger charge is -2.30. The molecule has 3 aromatic rings. The zero-order chi connectivity index (χ0) is 35.8. The molecule has 6 N–H and O–H groups in total. The minimum Gasteiger partial charge on any atom is -0.490 e. The van der Waals surface area contributed by atoms with Crippen LogP contribution in [0.1, 0.15) is 68.1 Å². The largest absolute Gasteiger partial charge is 0.490 e. The molecule has 2 fully saturated rings. The minimum absolute atomic E-state index is 0.130. The molecule has 50 heavy (non-hydrogen) atoms. The molecule has 2 aliphatic carbocycles. The van der Waals surface area contributed by atoms with Gasteiger partial charge < -0.3 is 45.2 Å². The lowest BCUT2D eigenvalue weighted by Crippen LogP contribution is -2.53. The van der Waals surface area contributed by atoms with Crippen molar-refractivity contribution in [2.45, 2.75) is 94.0 Å². The van der Waals surface area contributed by atoms with E-state index in [2.05, 4.69) is 35.4 Å². The minimum atomic E-state index is -1.98. The summed E-state index contributed by atoms with van der Waals surface area (Å²) >= 11 is 6.72. The number of amides is 1. The van der Waals surface area contributed by atoms with Crippen LogP contribution in [0.5, 0.6) is 5.75 Å². The van der Waals surface area contributed by atoms with Crippen molar-refractivity contribution in [3.8, 4) is 16.9 Å². The van der Waals surface area contributed by atoms with Crippen molar-refractivity contribution in [2.24, 2.45) is 0 Å². The van der Waals surface area contributed by atoms with Gasteiger partial charge in [0.1, 0.15) is 24.1 Å². The van der Waals surface area contributed by atoms with E-state index < -0.39 is 36.9 Å². The zero-order valence-electron chi connectivity index (χ0n) is 28.7. The topological polar surface area (TPSA) is 165 Å². The molecule has 1 amide bonds. The van der Waals surface area contributed by atoms with Crippen LogP contribution in [0.3, 0.4) is 0 Å². The number of carbonyl (C=O) groups excluding carboxylic acids is 1. The Bertz CT molecular complexity index is 1570. The van der Waals surface area contributed by atoms with Gasteiger partial charge in [0.15, 0.2) is 6.10 Å². The van der Waals surface area contributed by atoms with Crippen LogP contribution in [0.15, 0.2) is 60.9 Å². The predicted molar refractivity (Wildman–Crippen MR) is 190 cm³/mol. The number of hydrogen-bond donors (Lipinski definition) is 6. The van der Waals surface area contributed by atoms with Crippen LogP contribution in [-0.4, -0.2) is 105 Å². The number of para-hydroxylation sites is 1. The first-order chi connectivity index (χ1) is 24.1. The maximum Gasteiger partial charge on any atom is 0.254 e. The number of nitrogens with zero attached hydrogens (tertiary/aromatic N) is 2. The van der Waals surface area contributed by atoms with Gasteiger partial charge >= 0.3 is 0 Å². The molecule has 2 aliphatic rings. The van der Waals surface area contributed by atoms with Crippen LogP contribution in [0.2, 0.25) is 5.02 Å². The Labute approximate surface area is 298 Å². The number of ether oxygens (including phenoxy) is 2. The second-order valence-corrected chi connectivity index (χ2v) is 14.0. The van der Waals surface area contributed by atoms with E-state index in [1.165, 1.54) is 12.0 Å². The third kappa shape index (κ3) is 9.40. The molecule has 1 heterocycles. The lowest BCUT2D eigenvalue weighted by atomic mass is 9.93. The number of nitrogens with one attached hydrogen (secondary N) is 1. The molecule has 12 heteroatoms. The highest BCUT2D eigenvalue weighted by molar-refractivity contribution is 6.31. The summed E-state index contributed by atoms with van der Waals surface area (Å²) in [5.41, 5.74) is 5.22. The molecule has 2 saturated carbocycles. The summed E-state index contributed by atoms with van der Waals surface area (Å²) in [7, 11) is 1.50. The molecular weight excluding hydrogens is 662 g/mol. The van der Waals surface area contributed by atoms with E-state index in [0.29, 0.717) is 24.1 Å². The first kappa shape index (κ1) is 38.1. The predicted octanol–water partition coefficient (Wildman–Crippen LogP) is 3.52. The Balaban J connectivity index is 1.21. The number of rotatable bonds is 20. The molecule has 0 spiro atoms. The Morgan fingerprint density at radius 3 is 2.52 bits per heavy atom. The van der Waals surface area contributed by atoms with E-state index >= 15 is 0 Å². The SMILES string of the molecule is COCCN(CCCC(C)c1ccc(Cl)c(CNC2(c3cnccc3-c3ccccc3OC3CC3)CC2)c1)C(=O)C(O)C(O)C(O)C(O)CO. The van der Waals surface area contributed by atoms with Gasteiger partial charge in [0, 0.05) is 55.3 Å². The summed E-state index contributed by atoms with van der Waals surface area (Å²) in [4.78, 5) is 18.9.